The maximum absolute atomic E-state index is 5.40. The minimum atomic E-state index is 0.635. The average Bonchev–Trinajstić information content (AvgIpc) is 3.49. The number of hydrogen-bond donors (Lipinski definition) is 0. The van der Waals surface area contributed by atoms with E-state index in [0.717, 1.165) is 33.5 Å². The number of hydrogen-bond acceptors (Lipinski definition) is 4. The molecule has 46 heavy (non-hydrogen) atoms. The van der Waals surface area contributed by atoms with Gasteiger partial charge in [-0.2, -0.15) is 0 Å². The fourth-order valence-electron chi connectivity index (χ4n) is 6.43. The molecule has 0 saturated carbocycles. The quantitative estimate of drug-likeness (QED) is 0.195. The highest BCUT2D eigenvalue weighted by molar-refractivity contribution is 7.26. The second-order valence-corrected chi connectivity index (χ2v) is 12.5. The van der Waals surface area contributed by atoms with Crippen molar-refractivity contribution in [1.82, 2.24) is 9.97 Å². The summed E-state index contributed by atoms with van der Waals surface area (Å²) in [4.78, 5) is 12.7. The highest BCUT2D eigenvalue weighted by Gasteiger charge is 2.21. The molecular weight excluding hydrogens is 579 g/mol. The van der Waals surface area contributed by atoms with Gasteiger partial charge in [0.15, 0.2) is 0 Å². The third-order valence-corrected chi connectivity index (χ3v) is 9.86. The maximum Gasteiger partial charge on any atom is 0.235 e. The van der Waals surface area contributed by atoms with Crippen molar-refractivity contribution in [3.8, 4) is 22.4 Å². The Labute approximate surface area is 270 Å². The summed E-state index contributed by atoms with van der Waals surface area (Å²) in [6.45, 7) is 0. The van der Waals surface area contributed by atoms with Crippen LogP contribution in [0.4, 0.5) is 17.3 Å². The molecule has 2 heterocycles. The molecule has 3 nitrogen and oxygen atoms in total. The molecule has 216 valence electrons. The lowest BCUT2D eigenvalue weighted by atomic mass is 10.0. The van der Waals surface area contributed by atoms with Crippen LogP contribution in [0.3, 0.4) is 0 Å². The Bertz CT molecular complexity index is 2520. The molecule has 0 aliphatic heterocycles. The molecule has 7 aromatic carbocycles. The molecule has 0 amide bonds. The monoisotopic (exact) mass is 605 g/mol. The number of para-hydroxylation sites is 2. The van der Waals surface area contributed by atoms with Crippen LogP contribution in [0.5, 0.6) is 0 Å². The van der Waals surface area contributed by atoms with Gasteiger partial charge in [-0.3, -0.25) is 4.90 Å². The highest BCUT2D eigenvalue weighted by atomic mass is 32.1. The van der Waals surface area contributed by atoms with Crippen LogP contribution in [0, 0.1) is 0 Å². The van der Waals surface area contributed by atoms with Gasteiger partial charge >= 0.3 is 0 Å². The number of benzene rings is 7. The number of anilines is 3. The van der Waals surface area contributed by atoms with Crippen molar-refractivity contribution < 1.29 is 0 Å². The van der Waals surface area contributed by atoms with E-state index in [1.807, 2.05) is 23.5 Å². The highest BCUT2D eigenvalue weighted by Crippen LogP contribution is 2.43. The van der Waals surface area contributed by atoms with Crippen molar-refractivity contribution in [2.45, 2.75) is 0 Å². The van der Waals surface area contributed by atoms with Gasteiger partial charge < -0.3 is 0 Å². The lowest BCUT2D eigenvalue weighted by molar-refractivity contribution is 1.11. The SMILES string of the molecule is c1ccc(-c2ccc(N(c3ccccc3)c3nc(-c4cccc5c4sc4cc6ccccc6cc45)c4ccccc4n3)cc2)cc1. The predicted octanol–water partition coefficient (Wildman–Crippen LogP) is 12.0. The molecule has 0 aliphatic rings. The fraction of sp³-hybridized carbons (Fsp3) is 0. The minimum Gasteiger partial charge on any atom is -0.279 e. The van der Waals surface area contributed by atoms with Gasteiger partial charge in [0.05, 0.1) is 11.2 Å². The van der Waals surface area contributed by atoms with Gasteiger partial charge in [-0.25, -0.2) is 9.97 Å². The Kier molecular flexibility index (Phi) is 6.32. The molecule has 4 heteroatoms. The zero-order valence-corrected chi connectivity index (χ0v) is 25.7. The van der Waals surface area contributed by atoms with Gasteiger partial charge in [0.25, 0.3) is 0 Å². The van der Waals surface area contributed by atoms with E-state index in [9.17, 15) is 0 Å². The molecule has 0 unspecified atom stereocenters. The Morgan fingerprint density at radius 2 is 1.09 bits per heavy atom. The van der Waals surface area contributed by atoms with Crippen LogP contribution in [0.15, 0.2) is 164 Å². The Balaban J connectivity index is 1.26. The van der Waals surface area contributed by atoms with E-state index in [4.69, 9.17) is 9.97 Å². The van der Waals surface area contributed by atoms with Crippen molar-refractivity contribution in [2.24, 2.45) is 0 Å². The Hall–Kier alpha value is -5.84. The third kappa shape index (κ3) is 4.50. The Morgan fingerprint density at radius 3 is 1.89 bits per heavy atom. The van der Waals surface area contributed by atoms with Crippen molar-refractivity contribution in [3.05, 3.63) is 164 Å². The largest absolute Gasteiger partial charge is 0.279 e. The fourth-order valence-corrected chi connectivity index (χ4v) is 7.68. The van der Waals surface area contributed by atoms with E-state index in [0.29, 0.717) is 5.95 Å². The van der Waals surface area contributed by atoms with Gasteiger partial charge in [0.1, 0.15) is 0 Å². The third-order valence-electron chi connectivity index (χ3n) is 8.66. The van der Waals surface area contributed by atoms with E-state index in [1.54, 1.807) is 0 Å². The first-order chi connectivity index (χ1) is 22.8. The molecule has 0 fully saturated rings. The van der Waals surface area contributed by atoms with Gasteiger partial charge in [0.2, 0.25) is 5.95 Å². The number of rotatable bonds is 5. The smallest absolute Gasteiger partial charge is 0.235 e. The van der Waals surface area contributed by atoms with Crippen LogP contribution < -0.4 is 4.90 Å². The first-order valence-electron chi connectivity index (χ1n) is 15.4. The zero-order valence-electron chi connectivity index (χ0n) is 24.8. The van der Waals surface area contributed by atoms with Gasteiger partial charge in [-0.15, -0.1) is 11.3 Å². The van der Waals surface area contributed by atoms with Crippen molar-refractivity contribution in [2.75, 3.05) is 4.90 Å². The zero-order chi connectivity index (χ0) is 30.5. The summed E-state index contributed by atoms with van der Waals surface area (Å²) in [5.74, 6) is 0.635. The van der Waals surface area contributed by atoms with Crippen LogP contribution in [0.25, 0.3) is 64.2 Å². The average molecular weight is 606 g/mol. The van der Waals surface area contributed by atoms with E-state index in [2.05, 4.69) is 157 Å². The predicted molar refractivity (Wildman–Crippen MR) is 195 cm³/mol. The van der Waals surface area contributed by atoms with Crippen LogP contribution in [0.1, 0.15) is 0 Å². The molecule has 0 aliphatic carbocycles. The van der Waals surface area contributed by atoms with Crippen molar-refractivity contribution >= 4 is 70.5 Å². The molecule has 0 N–H and O–H groups in total. The van der Waals surface area contributed by atoms with E-state index in [-0.39, 0.29) is 0 Å². The van der Waals surface area contributed by atoms with Crippen LogP contribution in [0.2, 0.25) is 0 Å². The molecular formula is C42H27N3S. The molecule has 9 rings (SSSR count). The van der Waals surface area contributed by atoms with Crippen LogP contribution in [-0.4, -0.2) is 9.97 Å². The normalized spacial score (nSPS) is 11.5. The van der Waals surface area contributed by atoms with Crippen molar-refractivity contribution in [1.29, 1.82) is 0 Å². The molecule has 0 spiro atoms. The molecule has 0 bridgehead atoms. The van der Waals surface area contributed by atoms with E-state index in [1.165, 1.54) is 42.1 Å². The maximum atomic E-state index is 5.40. The molecule has 0 atom stereocenters. The lowest BCUT2D eigenvalue weighted by Crippen LogP contribution is -2.14. The minimum absolute atomic E-state index is 0.635. The molecule has 9 aromatic rings. The second kappa shape index (κ2) is 11.0. The Morgan fingerprint density at radius 1 is 0.457 bits per heavy atom. The summed E-state index contributed by atoms with van der Waals surface area (Å²) in [5, 5.41) is 6.09. The van der Waals surface area contributed by atoms with Gasteiger partial charge in [0, 0.05) is 42.5 Å². The van der Waals surface area contributed by atoms with Gasteiger partial charge in [-0.05, 0) is 64.4 Å². The molecule has 0 saturated heterocycles. The lowest BCUT2D eigenvalue weighted by Gasteiger charge is -2.24. The first-order valence-corrected chi connectivity index (χ1v) is 16.2. The summed E-state index contributed by atoms with van der Waals surface area (Å²) in [7, 11) is 0. The first kappa shape index (κ1) is 26.6. The summed E-state index contributed by atoms with van der Waals surface area (Å²) >= 11 is 1.84. The van der Waals surface area contributed by atoms with Crippen molar-refractivity contribution in [3.63, 3.8) is 0 Å². The summed E-state index contributed by atoms with van der Waals surface area (Å²) < 4.78 is 2.52. The van der Waals surface area contributed by atoms with Crippen LogP contribution in [-0.2, 0) is 0 Å². The second-order valence-electron chi connectivity index (χ2n) is 11.5. The van der Waals surface area contributed by atoms with Gasteiger partial charge in [-0.1, -0.05) is 121 Å². The molecule has 2 aromatic heterocycles. The summed E-state index contributed by atoms with van der Waals surface area (Å²) in [6.07, 6.45) is 0. The molecule has 0 radical (unpaired) electrons. The topological polar surface area (TPSA) is 29.0 Å². The summed E-state index contributed by atoms with van der Waals surface area (Å²) in [5.41, 5.74) is 7.32. The number of nitrogens with zero attached hydrogens (tertiary/aromatic N) is 3. The number of aromatic nitrogens is 2. The number of thiophene rings is 1. The number of fused-ring (bicyclic) bond motifs is 5. The standard InChI is InChI=1S/C42H27N3S/c1-3-12-28(13-4-1)29-22-24-33(25-23-29)45(32-16-5-2-6-17-32)42-43-38-21-10-9-18-35(38)40(44-42)36-20-11-19-34-37-26-30-14-7-8-15-31(30)27-39(37)46-41(34)36/h1-27H. The van der Waals surface area contributed by atoms with Crippen LogP contribution >= 0.6 is 11.3 Å². The van der Waals surface area contributed by atoms with E-state index < -0.39 is 0 Å². The van der Waals surface area contributed by atoms with E-state index >= 15 is 0 Å². The summed E-state index contributed by atoms with van der Waals surface area (Å²) in [6, 6.07) is 57.7.